The minimum absolute atomic E-state index is 0. The predicted molar refractivity (Wildman–Crippen MR) is 148 cm³/mol. The van der Waals surface area contributed by atoms with Gasteiger partial charge < -0.3 is 20.3 Å². The van der Waals surface area contributed by atoms with E-state index in [1.807, 2.05) is 18.3 Å². The Kier molecular flexibility index (Phi) is 6.24. The number of aromatic nitrogens is 7. The zero-order chi connectivity index (χ0) is 25.1. The molecule has 11 nitrogen and oxygen atoms in total. The maximum atomic E-state index is 6.50. The number of hydrogen-bond donors (Lipinski definition) is 3. The van der Waals surface area contributed by atoms with Gasteiger partial charge in [-0.15, -0.1) is 12.4 Å². The molecule has 4 aromatic rings. The summed E-state index contributed by atoms with van der Waals surface area (Å²) in [6, 6.07) is 6.19. The summed E-state index contributed by atoms with van der Waals surface area (Å²) >= 11 is 0. The van der Waals surface area contributed by atoms with E-state index < -0.39 is 0 Å². The summed E-state index contributed by atoms with van der Waals surface area (Å²) in [5.41, 5.74) is 12.0. The van der Waals surface area contributed by atoms with Crippen LogP contribution >= 0.6 is 12.4 Å². The second kappa shape index (κ2) is 9.48. The number of pyridine rings is 1. The highest BCUT2D eigenvalue weighted by Crippen LogP contribution is 2.43. The van der Waals surface area contributed by atoms with Crippen LogP contribution in [0.5, 0.6) is 0 Å². The summed E-state index contributed by atoms with van der Waals surface area (Å²) in [4.78, 5) is 19.2. The molecule has 4 aromatic heterocycles. The Morgan fingerprint density at radius 2 is 1.92 bits per heavy atom. The third kappa shape index (κ3) is 3.91. The van der Waals surface area contributed by atoms with E-state index in [1.54, 1.807) is 6.20 Å². The number of fused-ring (bicyclic) bond motifs is 2. The molecule has 0 unspecified atom stereocenters. The number of nitrogens with two attached hydrogens (primary N) is 1. The normalized spacial score (nSPS) is 24.6. The number of H-pyrrole nitrogens is 2. The van der Waals surface area contributed by atoms with Gasteiger partial charge in [0.05, 0.1) is 41.7 Å². The van der Waals surface area contributed by atoms with Gasteiger partial charge in [-0.25, -0.2) is 15.0 Å². The van der Waals surface area contributed by atoms with Crippen molar-refractivity contribution >= 4 is 40.9 Å². The fourth-order valence-corrected chi connectivity index (χ4v) is 6.18. The van der Waals surface area contributed by atoms with E-state index >= 15 is 0 Å². The van der Waals surface area contributed by atoms with Crippen molar-refractivity contribution in [3.8, 4) is 11.4 Å². The Hall–Kier alpha value is -3.28. The quantitative estimate of drug-likeness (QED) is 0.359. The van der Waals surface area contributed by atoms with Gasteiger partial charge in [0.15, 0.2) is 17.0 Å². The molecule has 0 bridgehead atoms. The van der Waals surface area contributed by atoms with Gasteiger partial charge in [-0.2, -0.15) is 10.2 Å². The van der Waals surface area contributed by atoms with Gasteiger partial charge in [0.2, 0.25) is 0 Å². The smallest absolute Gasteiger partial charge is 0.183 e. The molecule has 1 spiro atoms. The van der Waals surface area contributed by atoms with Gasteiger partial charge in [0, 0.05) is 43.2 Å². The standard InChI is InChI=1S/C26H32N10O.ClH/c1-15-6-10-36(19-4-3-17(30-21(15)19)18-5-9-29-32-18)25-22-24(33-34-25)31-20(13-28-22)35-11-7-26(8-12-35)14-37-16(2)23(26)27;/h3-5,9,13,15-16,23H,6-8,10-12,14,27H2,1-2H3,(H,29,32)(H,31,33,34);1H/t15-,16-,23+;/m0./s1. The second-order valence-corrected chi connectivity index (χ2v) is 10.8. The van der Waals surface area contributed by atoms with Crippen LogP contribution in [-0.2, 0) is 4.74 Å². The van der Waals surface area contributed by atoms with E-state index in [0.717, 1.165) is 85.4 Å². The van der Waals surface area contributed by atoms with Crippen LogP contribution in [0.1, 0.15) is 44.7 Å². The highest BCUT2D eigenvalue weighted by atomic mass is 35.5. The first-order valence-corrected chi connectivity index (χ1v) is 13.1. The number of aromatic amines is 2. The zero-order valence-corrected chi connectivity index (χ0v) is 22.4. The molecule has 38 heavy (non-hydrogen) atoms. The van der Waals surface area contributed by atoms with Gasteiger partial charge in [0.25, 0.3) is 0 Å². The van der Waals surface area contributed by atoms with Crippen molar-refractivity contribution in [2.24, 2.45) is 11.1 Å². The highest BCUT2D eigenvalue weighted by molar-refractivity contribution is 5.88. The Balaban J connectivity index is 0.00000264. The monoisotopic (exact) mass is 536 g/mol. The summed E-state index contributed by atoms with van der Waals surface area (Å²) < 4.78 is 5.88. The minimum atomic E-state index is 0. The summed E-state index contributed by atoms with van der Waals surface area (Å²) in [5.74, 6) is 2.01. The number of nitrogens with one attached hydrogen (secondary N) is 2. The van der Waals surface area contributed by atoms with Crippen LogP contribution in [0, 0.1) is 5.41 Å². The Morgan fingerprint density at radius 1 is 1.08 bits per heavy atom. The number of halogens is 1. The van der Waals surface area contributed by atoms with E-state index in [-0.39, 0.29) is 30.0 Å². The lowest BCUT2D eigenvalue weighted by Gasteiger charge is -2.41. The van der Waals surface area contributed by atoms with Crippen LogP contribution in [0.15, 0.2) is 30.6 Å². The number of nitrogens with zero attached hydrogens (tertiary/aromatic N) is 7. The molecule has 4 N–H and O–H groups in total. The van der Waals surface area contributed by atoms with E-state index in [4.69, 9.17) is 25.4 Å². The molecular formula is C26H33ClN10O. The zero-order valence-electron chi connectivity index (χ0n) is 21.6. The summed E-state index contributed by atoms with van der Waals surface area (Å²) in [6.45, 7) is 7.70. The Labute approximate surface area is 227 Å². The molecule has 12 heteroatoms. The fraction of sp³-hybridized carbons (Fsp3) is 0.500. The van der Waals surface area contributed by atoms with Gasteiger partial charge >= 0.3 is 0 Å². The van der Waals surface area contributed by atoms with Crippen LogP contribution in [0.4, 0.5) is 17.3 Å². The van der Waals surface area contributed by atoms with Crippen molar-refractivity contribution in [2.45, 2.75) is 51.2 Å². The molecule has 2 fully saturated rings. The Bertz CT molecular complexity index is 1430. The van der Waals surface area contributed by atoms with Crippen LogP contribution in [0.2, 0.25) is 0 Å². The number of ether oxygens (including phenoxy) is 1. The van der Waals surface area contributed by atoms with Crippen LogP contribution < -0.4 is 15.5 Å². The number of piperidine rings is 1. The Morgan fingerprint density at radius 3 is 2.66 bits per heavy atom. The predicted octanol–water partition coefficient (Wildman–Crippen LogP) is 3.54. The maximum absolute atomic E-state index is 6.50. The van der Waals surface area contributed by atoms with Crippen molar-refractivity contribution in [2.75, 3.05) is 36.0 Å². The van der Waals surface area contributed by atoms with Crippen molar-refractivity contribution in [3.05, 3.63) is 36.3 Å². The van der Waals surface area contributed by atoms with Gasteiger partial charge in [0.1, 0.15) is 5.82 Å². The lowest BCUT2D eigenvalue weighted by Crippen LogP contribution is -2.50. The number of anilines is 3. The third-order valence-corrected chi connectivity index (χ3v) is 8.65. The molecule has 0 amide bonds. The lowest BCUT2D eigenvalue weighted by atomic mass is 9.73. The van der Waals surface area contributed by atoms with E-state index in [1.165, 1.54) is 0 Å². The average molecular weight is 537 g/mol. The SMILES string of the molecule is C[C@@H]1OCC2(CCN(c3cnc4c(N5CC[C@H](C)c6nc(-c7ccn[nH]7)ccc65)n[nH]c4n3)CC2)[C@@H]1N.Cl. The summed E-state index contributed by atoms with van der Waals surface area (Å²) in [7, 11) is 0. The summed E-state index contributed by atoms with van der Waals surface area (Å²) in [5, 5.41) is 14.9. The van der Waals surface area contributed by atoms with Crippen LogP contribution in [-0.4, -0.2) is 73.7 Å². The maximum Gasteiger partial charge on any atom is 0.183 e. The van der Waals surface area contributed by atoms with E-state index in [9.17, 15) is 0 Å². The van der Waals surface area contributed by atoms with Crippen molar-refractivity contribution in [3.63, 3.8) is 0 Å². The molecule has 0 aromatic carbocycles. The molecular weight excluding hydrogens is 504 g/mol. The first kappa shape index (κ1) is 25.0. The number of hydrogen-bond acceptors (Lipinski definition) is 9. The molecule has 7 heterocycles. The summed E-state index contributed by atoms with van der Waals surface area (Å²) in [6.07, 6.45) is 6.73. The second-order valence-electron chi connectivity index (χ2n) is 10.8. The topological polar surface area (TPSA) is 138 Å². The van der Waals surface area contributed by atoms with E-state index in [2.05, 4.69) is 50.1 Å². The highest BCUT2D eigenvalue weighted by Gasteiger charge is 2.47. The van der Waals surface area contributed by atoms with Gasteiger partial charge in [-0.3, -0.25) is 10.2 Å². The van der Waals surface area contributed by atoms with Gasteiger partial charge in [-0.05, 0) is 44.4 Å². The molecule has 0 radical (unpaired) electrons. The van der Waals surface area contributed by atoms with Crippen LogP contribution in [0.25, 0.3) is 22.6 Å². The fourth-order valence-electron chi connectivity index (χ4n) is 6.18. The molecule has 0 aliphatic carbocycles. The minimum Gasteiger partial charge on any atom is -0.376 e. The molecule has 2 saturated heterocycles. The molecule has 200 valence electrons. The molecule has 0 saturated carbocycles. The van der Waals surface area contributed by atoms with Crippen molar-refractivity contribution < 1.29 is 4.74 Å². The first-order chi connectivity index (χ1) is 18.0. The lowest BCUT2D eigenvalue weighted by molar-refractivity contribution is 0.0974. The largest absolute Gasteiger partial charge is 0.376 e. The van der Waals surface area contributed by atoms with Crippen molar-refractivity contribution in [1.29, 1.82) is 0 Å². The van der Waals surface area contributed by atoms with Crippen LogP contribution in [0.3, 0.4) is 0 Å². The molecule has 3 aliphatic rings. The molecule has 3 atom stereocenters. The van der Waals surface area contributed by atoms with Crippen molar-refractivity contribution in [1.82, 2.24) is 35.3 Å². The molecule has 7 rings (SSSR count). The van der Waals surface area contributed by atoms with Gasteiger partial charge in [-0.1, -0.05) is 6.92 Å². The van der Waals surface area contributed by atoms with E-state index in [0.29, 0.717) is 11.6 Å². The number of rotatable bonds is 3. The molecule has 3 aliphatic heterocycles. The third-order valence-electron chi connectivity index (χ3n) is 8.65. The average Bonchev–Trinajstić information content (AvgIpc) is 3.67. The first-order valence-electron chi connectivity index (χ1n) is 13.1.